The second-order valence-corrected chi connectivity index (χ2v) is 4.96. The van der Waals surface area contributed by atoms with Crippen LogP contribution in [0.3, 0.4) is 0 Å². The number of hydrogen-bond donors (Lipinski definition) is 2. The van der Waals surface area contributed by atoms with Gasteiger partial charge in [0.1, 0.15) is 6.04 Å². The van der Waals surface area contributed by atoms with E-state index in [0.717, 1.165) is 13.0 Å². The van der Waals surface area contributed by atoms with E-state index in [4.69, 9.17) is 5.11 Å². The molecule has 5 nitrogen and oxygen atoms in total. The maximum absolute atomic E-state index is 12.0. The van der Waals surface area contributed by atoms with Gasteiger partial charge < -0.3 is 15.3 Å². The minimum atomic E-state index is -0.954. The highest BCUT2D eigenvalue weighted by Gasteiger charge is 2.25. The van der Waals surface area contributed by atoms with E-state index in [-0.39, 0.29) is 6.03 Å². The third-order valence-corrected chi connectivity index (χ3v) is 3.55. The molecule has 2 N–H and O–H groups in total. The quantitative estimate of drug-likeness (QED) is 0.732. The van der Waals surface area contributed by atoms with Crippen molar-refractivity contribution >= 4 is 12.0 Å². The Morgan fingerprint density at radius 3 is 2.44 bits per heavy atom. The zero-order chi connectivity index (χ0) is 13.5. The van der Waals surface area contributed by atoms with Crippen LogP contribution < -0.4 is 5.32 Å². The molecule has 0 saturated heterocycles. The maximum Gasteiger partial charge on any atom is 0.326 e. The van der Waals surface area contributed by atoms with Crippen LogP contribution in [0.1, 0.15) is 46.0 Å². The minimum absolute atomic E-state index is 0.245. The molecule has 1 aliphatic rings. The number of carboxylic acid groups (broad SMARTS) is 1. The highest BCUT2D eigenvalue weighted by molar-refractivity contribution is 5.82. The van der Waals surface area contributed by atoms with Crippen molar-refractivity contribution in [2.45, 2.75) is 52.0 Å². The maximum atomic E-state index is 12.0. The van der Waals surface area contributed by atoms with Gasteiger partial charge >= 0.3 is 12.0 Å². The minimum Gasteiger partial charge on any atom is -0.480 e. The van der Waals surface area contributed by atoms with E-state index in [9.17, 15) is 9.59 Å². The number of carbonyl (C=O) groups excluding carboxylic acids is 1. The van der Waals surface area contributed by atoms with E-state index in [1.807, 2.05) is 13.8 Å². The van der Waals surface area contributed by atoms with E-state index < -0.39 is 12.0 Å². The van der Waals surface area contributed by atoms with Gasteiger partial charge in [0.25, 0.3) is 0 Å². The Balaban J connectivity index is 2.45. The van der Waals surface area contributed by atoms with Crippen LogP contribution in [0, 0.1) is 5.92 Å². The average Bonchev–Trinajstić information content (AvgIpc) is 2.26. The van der Waals surface area contributed by atoms with Crippen LogP contribution in [0.2, 0.25) is 0 Å². The van der Waals surface area contributed by atoms with Gasteiger partial charge in [0, 0.05) is 13.1 Å². The van der Waals surface area contributed by atoms with E-state index in [1.165, 1.54) is 19.3 Å². The van der Waals surface area contributed by atoms with Crippen LogP contribution in [0.5, 0.6) is 0 Å². The predicted octanol–water partition coefficient (Wildman–Crippen LogP) is 2.07. The van der Waals surface area contributed by atoms with Gasteiger partial charge in [-0.3, -0.25) is 0 Å². The first-order valence-electron chi connectivity index (χ1n) is 6.86. The average molecular weight is 256 g/mol. The molecule has 18 heavy (non-hydrogen) atoms. The molecule has 1 rings (SSSR count). The summed E-state index contributed by atoms with van der Waals surface area (Å²) in [6.45, 7) is 5.21. The summed E-state index contributed by atoms with van der Waals surface area (Å²) >= 11 is 0. The Hall–Kier alpha value is -1.26. The van der Waals surface area contributed by atoms with E-state index >= 15 is 0 Å². The molecule has 2 amide bonds. The molecule has 0 aliphatic heterocycles. The first-order chi connectivity index (χ1) is 8.58. The third-order valence-electron chi connectivity index (χ3n) is 3.55. The van der Waals surface area contributed by atoms with Crippen molar-refractivity contribution < 1.29 is 14.7 Å². The molecule has 0 radical (unpaired) electrons. The van der Waals surface area contributed by atoms with Crippen molar-refractivity contribution in [3.63, 3.8) is 0 Å². The first-order valence-corrected chi connectivity index (χ1v) is 6.86. The van der Waals surface area contributed by atoms with E-state index in [1.54, 1.807) is 4.90 Å². The third kappa shape index (κ3) is 4.20. The summed E-state index contributed by atoms with van der Waals surface area (Å²) < 4.78 is 0. The van der Waals surface area contributed by atoms with Gasteiger partial charge in [0.15, 0.2) is 0 Å². The predicted molar refractivity (Wildman–Crippen MR) is 69.5 cm³/mol. The van der Waals surface area contributed by atoms with Crippen LogP contribution in [-0.2, 0) is 4.79 Å². The topological polar surface area (TPSA) is 69.6 Å². The molecule has 1 saturated carbocycles. The highest BCUT2D eigenvalue weighted by atomic mass is 16.4. The van der Waals surface area contributed by atoms with Crippen LogP contribution in [0.15, 0.2) is 0 Å². The Bertz CT molecular complexity index is 290. The van der Waals surface area contributed by atoms with Crippen molar-refractivity contribution in [3.8, 4) is 0 Å². The molecular weight excluding hydrogens is 232 g/mol. The fourth-order valence-electron chi connectivity index (χ4n) is 2.13. The number of rotatable bonds is 7. The van der Waals surface area contributed by atoms with Crippen molar-refractivity contribution in [1.29, 1.82) is 0 Å². The fourth-order valence-corrected chi connectivity index (χ4v) is 2.13. The van der Waals surface area contributed by atoms with Crippen molar-refractivity contribution in [1.82, 2.24) is 10.2 Å². The summed E-state index contributed by atoms with van der Waals surface area (Å²) in [7, 11) is 0. The lowest BCUT2D eigenvalue weighted by atomic mass is 9.85. The molecule has 0 bridgehead atoms. The lowest BCUT2D eigenvalue weighted by Gasteiger charge is -2.32. The van der Waals surface area contributed by atoms with Gasteiger partial charge in [-0.1, -0.05) is 19.8 Å². The number of aliphatic carboxylic acids is 1. The zero-order valence-electron chi connectivity index (χ0n) is 11.3. The lowest BCUT2D eigenvalue weighted by molar-refractivity contribution is -0.139. The highest BCUT2D eigenvalue weighted by Crippen LogP contribution is 2.27. The molecule has 0 aromatic heterocycles. The van der Waals surface area contributed by atoms with E-state index in [0.29, 0.717) is 18.9 Å². The Labute approximate surface area is 109 Å². The monoisotopic (exact) mass is 256 g/mol. The number of nitrogens with one attached hydrogen (secondary N) is 1. The van der Waals surface area contributed by atoms with Gasteiger partial charge in [-0.25, -0.2) is 9.59 Å². The van der Waals surface area contributed by atoms with Crippen molar-refractivity contribution in [3.05, 3.63) is 0 Å². The van der Waals surface area contributed by atoms with Crippen LogP contribution in [0.4, 0.5) is 4.79 Å². The summed E-state index contributed by atoms with van der Waals surface area (Å²) in [6.07, 6.45) is 4.83. The molecule has 0 heterocycles. The molecule has 0 unspecified atom stereocenters. The summed E-state index contributed by atoms with van der Waals surface area (Å²) in [5, 5.41) is 11.6. The molecule has 104 valence electrons. The van der Waals surface area contributed by atoms with Gasteiger partial charge in [-0.2, -0.15) is 0 Å². The Morgan fingerprint density at radius 1 is 1.39 bits per heavy atom. The summed E-state index contributed by atoms with van der Waals surface area (Å²) in [4.78, 5) is 24.7. The SMILES string of the molecule is CCC[C@H](NC(=O)N(CC)CC1CCC1)C(=O)O. The van der Waals surface area contributed by atoms with Crippen LogP contribution in [0.25, 0.3) is 0 Å². The molecule has 1 atom stereocenters. The molecule has 0 aromatic carbocycles. The van der Waals surface area contributed by atoms with Crippen molar-refractivity contribution in [2.24, 2.45) is 5.92 Å². The lowest BCUT2D eigenvalue weighted by Crippen LogP contribution is -2.49. The molecule has 0 aromatic rings. The van der Waals surface area contributed by atoms with Crippen LogP contribution in [-0.4, -0.2) is 41.1 Å². The Kier molecular flexibility index (Phi) is 5.95. The number of amides is 2. The fraction of sp³-hybridized carbons (Fsp3) is 0.846. The molecule has 5 heteroatoms. The van der Waals surface area contributed by atoms with Crippen LogP contribution >= 0.6 is 0 Å². The molecule has 1 aliphatic carbocycles. The number of hydrogen-bond acceptors (Lipinski definition) is 2. The van der Waals surface area contributed by atoms with Gasteiger partial charge in [0.2, 0.25) is 0 Å². The van der Waals surface area contributed by atoms with E-state index in [2.05, 4.69) is 5.32 Å². The van der Waals surface area contributed by atoms with Crippen molar-refractivity contribution in [2.75, 3.05) is 13.1 Å². The van der Waals surface area contributed by atoms with Gasteiger partial charge in [-0.05, 0) is 32.1 Å². The smallest absolute Gasteiger partial charge is 0.326 e. The normalized spacial score (nSPS) is 16.8. The summed E-state index contributed by atoms with van der Waals surface area (Å²) in [5.74, 6) is -0.352. The number of carboxylic acids is 1. The largest absolute Gasteiger partial charge is 0.480 e. The number of nitrogens with zero attached hydrogens (tertiary/aromatic N) is 1. The molecule has 1 fully saturated rings. The first kappa shape index (κ1) is 14.8. The second-order valence-electron chi connectivity index (χ2n) is 4.96. The second kappa shape index (κ2) is 7.24. The standard InChI is InChI=1S/C13H24N2O3/c1-3-6-11(12(16)17)14-13(18)15(4-2)9-10-7-5-8-10/h10-11H,3-9H2,1-2H3,(H,14,18)(H,16,17)/t11-/m0/s1. The summed E-state index contributed by atoms with van der Waals surface area (Å²) in [5.41, 5.74) is 0. The van der Waals surface area contributed by atoms with Gasteiger partial charge in [-0.15, -0.1) is 0 Å². The Morgan fingerprint density at radius 2 is 2.06 bits per heavy atom. The van der Waals surface area contributed by atoms with Gasteiger partial charge in [0.05, 0.1) is 0 Å². The number of urea groups is 1. The number of carbonyl (C=O) groups is 2. The zero-order valence-corrected chi connectivity index (χ0v) is 11.3. The molecular formula is C13H24N2O3. The molecule has 0 spiro atoms. The summed E-state index contributed by atoms with van der Waals surface area (Å²) in [6, 6.07) is -1.01.